The lowest BCUT2D eigenvalue weighted by molar-refractivity contribution is -0.0648. The average molecular weight is 185 g/mol. The Morgan fingerprint density at radius 1 is 1.38 bits per heavy atom. The first-order valence-electron chi connectivity index (χ1n) is 5.35. The van der Waals surface area contributed by atoms with Gasteiger partial charge in [-0.25, -0.2) is 0 Å². The molecule has 0 aromatic heterocycles. The normalized spacial score (nSPS) is 39.0. The molecule has 2 fully saturated rings. The molecule has 1 aliphatic heterocycles. The topological polar surface area (TPSA) is 30.5 Å². The zero-order valence-electron chi connectivity index (χ0n) is 8.29. The Bertz CT molecular complexity index is 151. The van der Waals surface area contributed by atoms with Crippen molar-refractivity contribution in [2.45, 2.75) is 44.4 Å². The second-order valence-corrected chi connectivity index (χ2v) is 3.97. The minimum Gasteiger partial charge on any atom is -0.379 e. The van der Waals surface area contributed by atoms with Crippen molar-refractivity contribution in [1.82, 2.24) is 5.32 Å². The van der Waals surface area contributed by atoms with Crippen molar-refractivity contribution in [3.8, 4) is 0 Å². The molecule has 2 aliphatic rings. The van der Waals surface area contributed by atoms with E-state index in [0.29, 0.717) is 18.2 Å². The molecule has 1 heterocycles. The van der Waals surface area contributed by atoms with E-state index in [9.17, 15) is 0 Å². The molecule has 1 unspecified atom stereocenters. The standard InChI is InChI=1S/C10H19NO2/c1-2-11-8-5-10(6-8)13-9-3-4-12-7-9/h8-11H,2-7H2,1H3. The Balaban J connectivity index is 1.58. The third-order valence-electron chi connectivity index (χ3n) is 2.86. The Kier molecular flexibility index (Phi) is 3.19. The van der Waals surface area contributed by atoms with E-state index >= 15 is 0 Å². The third-order valence-corrected chi connectivity index (χ3v) is 2.86. The van der Waals surface area contributed by atoms with Crippen molar-refractivity contribution in [3.05, 3.63) is 0 Å². The molecule has 0 bridgehead atoms. The highest BCUT2D eigenvalue weighted by Crippen LogP contribution is 2.26. The molecular weight excluding hydrogens is 166 g/mol. The molecule has 3 nitrogen and oxygen atoms in total. The maximum Gasteiger partial charge on any atom is 0.0834 e. The summed E-state index contributed by atoms with van der Waals surface area (Å²) < 4.78 is 11.1. The maximum atomic E-state index is 5.86. The zero-order chi connectivity index (χ0) is 9.10. The summed E-state index contributed by atoms with van der Waals surface area (Å²) in [4.78, 5) is 0. The molecule has 1 N–H and O–H groups in total. The monoisotopic (exact) mass is 185 g/mol. The minimum absolute atomic E-state index is 0.382. The van der Waals surface area contributed by atoms with Gasteiger partial charge in [0.2, 0.25) is 0 Å². The SMILES string of the molecule is CCNC1CC(OC2CCOC2)C1. The zero-order valence-corrected chi connectivity index (χ0v) is 8.29. The van der Waals surface area contributed by atoms with Gasteiger partial charge in [-0.1, -0.05) is 6.92 Å². The lowest BCUT2D eigenvalue weighted by atomic mass is 9.89. The van der Waals surface area contributed by atoms with E-state index in [1.807, 2.05) is 0 Å². The number of hydrogen-bond donors (Lipinski definition) is 1. The Morgan fingerprint density at radius 2 is 2.23 bits per heavy atom. The molecule has 0 amide bonds. The lowest BCUT2D eigenvalue weighted by Crippen LogP contribution is -2.46. The van der Waals surface area contributed by atoms with Crippen LogP contribution in [-0.2, 0) is 9.47 Å². The molecule has 0 radical (unpaired) electrons. The second-order valence-electron chi connectivity index (χ2n) is 3.97. The predicted molar refractivity (Wildman–Crippen MR) is 50.8 cm³/mol. The highest BCUT2D eigenvalue weighted by molar-refractivity contribution is 4.86. The fourth-order valence-corrected chi connectivity index (χ4v) is 2.02. The average Bonchev–Trinajstić information content (AvgIpc) is 2.53. The molecule has 1 atom stereocenters. The van der Waals surface area contributed by atoms with E-state index in [4.69, 9.17) is 9.47 Å². The largest absolute Gasteiger partial charge is 0.379 e. The van der Waals surface area contributed by atoms with Crippen molar-refractivity contribution in [3.63, 3.8) is 0 Å². The van der Waals surface area contributed by atoms with Gasteiger partial charge in [0.15, 0.2) is 0 Å². The van der Waals surface area contributed by atoms with Gasteiger partial charge in [0.25, 0.3) is 0 Å². The Morgan fingerprint density at radius 3 is 2.85 bits per heavy atom. The fourth-order valence-electron chi connectivity index (χ4n) is 2.02. The van der Waals surface area contributed by atoms with E-state index < -0.39 is 0 Å². The Labute approximate surface area is 79.8 Å². The first-order valence-corrected chi connectivity index (χ1v) is 5.35. The van der Waals surface area contributed by atoms with Gasteiger partial charge in [-0.15, -0.1) is 0 Å². The van der Waals surface area contributed by atoms with Gasteiger partial charge in [-0.3, -0.25) is 0 Å². The predicted octanol–water partition coefficient (Wildman–Crippen LogP) is 0.932. The Hall–Kier alpha value is -0.120. The molecule has 0 aromatic rings. The van der Waals surface area contributed by atoms with Crippen LogP contribution in [0.4, 0.5) is 0 Å². The highest BCUT2D eigenvalue weighted by atomic mass is 16.6. The minimum atomic E-state index is 0.382. The van der Waals surface area contributed by atoms with Gasteiger partial charge in [-0.2, -0.15) is 0 Å². The molecule has 1 aliphatic carbocycles. The van der Waals surface area contributed by atoms with E-state index in [0.717, 1.165) is 26.2 Å². The van der Waals surface area contributed by atoms with E-state index in [-0.39, 0.29) is 0 Å². The van der Waals surface area contributed by atoms with Crippen molar-refractivity contribution in [2.75, 3.05) is 19.8 Å². The van der Waals surface area contributed by atoms with Crippen molar-refractivity contribution < 1.29 is 9.47 Å². The molecule has 2 rings (SSSR count). The molecule has 0 spiro atoms. The first kappa shape index (κ1) is 9.44. The van der Waals surface area contributed by atoms with Gasteiger partial charge < -0.3 is 14.8 Å². The fraction of sp³-hybridized carbons (Fsp3) is 1.00. The van der Waals surface area contributed by atoms with Crippen LogP contribution in [0.15, 0.2) is 0 Å². The molecule has 0 aromatic carbocycles. The summed E-state index contributed by atoms with van der Waals surface area (Å²) in [5.41, 5.74) is 0. The summed E-state index contributed by atoms with van der Waals surface area (Å²) in [5.74, 6) is 0. The van der Waals surface area contributed by atoms with Gasteiger partial charge in [0.05, 0.1) is 18.8 Å². The number of nitrogens with one attached hydrogen (secondary N) is 1. The van der Waals surface area contributed by atoms with E-state index in [1.54, 1.807) is 0 Å². The highest BCUT2D eigenvalue weighted by Gasteiger charge is 2.32. The lowest BCUT2D eigenvalue weighted by Gasteiger charge is -2.36. The smallest absolute Gasteiger partial charge is 0.0834 e. The summed E-state index contributed by atoms with van der Waals surface area (Å²) in [7, 11) is 0. The van der Waals surface area contributed by atoms with Crippen molar-refractivity contribution in [2.24, 2.45) is 0 Å². The van der Waals surface area contributed by atoms with Gasteiger partial charge in [-0.05, 0) is 25.8 Å². The van der Waals surface area contributed by atoms with Crippen LogP contribution in [0.25, 0.3) is 0 Å². The summed E-state index contributed by atoms with van der Waals surface area (Å²) in [6.45, 7) is 4.92. The molecule has 13 heavy (non-hydrogen) atoms. The first-order chi connectivity index (χ1) is 6.38. The summed E-state index contributed by atoms with van der Waals surface area (Å²) in [6.07, 6.45) is 4.33. The van der Waals surface area contributed by atoms with Crippen LogP contribution in [0.3, 0.4) is 0 Å². The number of ether oxygens (including phenoxy) is 2. The molecule has 76 valence electrons. The summed E-state index contributed by atoms with van der Waals surface area (Å²) in [6, 6.07) is 0.706. The van der Waals surface area contributed by atoms with Crippen molar-refractivity contribution in [1.29, 1.82) is 0 Å². The van der Waals surface area contributed by atoms with Crippen LogP contribution in [0, 0.1) is 0 Å². The number of rotatable bonds is 4. The van der Waals surface area contributed by atoms with Gasteiger partial charge >= 0.3 is 0 Å². The molecule has 1 saturated carbocycles. The maximum absolute atomic E-state index is 5.86. The molecule has 3 heteroatoms. The van der Waals surface area contributed by atoms with Gasteiger partial charge in [0, 0.05) is 12.6 Å². The summed E-state index contributed by atoms with van der Waals surface area (Å²) in [5, 5.41) is 3.43. The quantitative estimate of drug-likeness (QED) is 0.707. The van der Waals surface area contributed by atoms with Crippen LogP contribution < -0.4 is 5.32 Å². The van der Waals surface area contributed by atoms with Crippen LogP contribution in [0.5, 0.6) is 0 Å². The van der Waals surface area contributed by atoms with Crippen LogP contribution in [-0.4, -0.2) is 38.0 Å². The molecule has 1 saturated heterocycles. The third kappa shape index (κ3) is 2.42. The molecular formula is C10H19NO2. The second kappa shape index (κ2) is 4.40. The van der Waals surface area contributed by atoms with Crippen LogP contribution in [0.1, 0.15) is 26.2 Å². The van der Waals surface area contributed by atoms with Crippen molar-refractivity contribution >= 4 is 0 Å². The van der Waals surface area contributed by atoms with E-state index in [1.165, 1.54) is 12.8 Å². The van der Waals surface area contributed by atoms with Crippen LogP contribution >= 0.6 is 0 Å². The van der Waals surface area contributed by atoms with Crippen LogP contribution in [0.2, 0.25) is 0 Å². The van der Waals surface area contributed by atoms with E-state index in [2.05, 4.69) is 12.2 Å². The summed E-state index contributed by atoms with van der Waals surface area (Å²) >= 11 is 0. The van der Waals surface area contributed by atoms with Gasteiger partial charge in [0.1, 0.15) is 0 Å². The number of hydrogen-bond acceptors (Lipinski definition) is 3.